The van der Waals surface area contributed by atoms with Crippen LogP contribution in [0.15, 0.2) is 24.4 Å². The van der Waals surface area contributed by atoms with Crippen molar-refractivity contribution in [2.24, 2.45) is 5.92 Å². The molecular formula is C21H21ClF4N4O3S. The smallest absolute Gasteiger partial charge is 0.359 e. The fraction of sp³-hybridized carbons (Fsp3) is 0.429. The van der Waals surface area contributed by atoms with Gasteiger partial charge in [0, 0.05) is 29.8 Å². The van der Waals surface area contributed by atoms with Gasteiger partial charge in [0.15, 0.2) is 5.69 Å². The first-order valence-corrected chi connectivity index (χ1v) is 12.7. The second-order valence-corrected chi connectivity index (χ2v) is 11.1. The van der Waals surface area contributed by atoms with Crippen LogP contribution in [0.4, 0.5) is 17.6 Å². The van der Waals surface area contributed by atoms with E-state index in [2.05, 4.69) is 15.2 Å². The summed E-state index contributed by atoms with van der Waals surface area (Å²) < 4.78 is 77.1. The highest BCUT2D eigenvalue weighted by atomic mass is 35.5. The van der Waals surface area contributed by atoms with Gasteiger partial charge in [0.2, 0.25) is 0 Å². The molecule has 1 aromatic carbocycles. The summed E-state index contributed by atoms with van der Waals surface area (Å²) in [4.78, 5) is 17.3. The van der Waals surface area contributed by atoms with Gasteiger partial charge in [0.1, 0.15) is 21.3 Å². The van der Waals surface area contributed by atoms with Gasteiger partial charge in [-0.2, -0.15) is 18.3 Å². The van der Waals surface area contributed by atoms with Gasteiger partial charge in [-0.05, 0) is 37.3 Å². The summed E-state index contributed by atoms with van der Waals surface area (Å²) in [6.45, 7) is -0.140. The molecule has 0 aliphatic carbocycles. The first-order chi connectivity index (χ1) is 15.9. The molecule has 34 heavy (non-hydrogen) atoms. The molecule has 0 bridgehead atoms. The van der Waals surface area contributed by atoms with Gasteiger partial charge in [-0.25, -0.2) is 12.8 Å². The summed E-state index contributed by atoms with van der Waals surface area (Å²) in [6.07, 6.45) is -1.96. The van der Waals surface area contributed by atoms with Crippen LogP contribution in [0, 0.1) is 11.7 Å². The molecule has 184 valence electrons. The van der Waals surface area contributed by atoms with Crippen LogP contribution in [0.3, 0.4) is 0 Å². The summed E-state index contributed by atoms with van der Waals surface area (Å²) in [6, 6.07) is 3.32. The number of halogens is 5. The van der Waals surface area contributed by atoms with E-state index in [0.717, 1.165) is 0 Å². The molecule has 0 atom stereocenters. The maximum Gasteiger partial charge on any atom is 0.435 e. The Morgan fingerprint density at radius 3 is 2.59 bits per heavy atom. The Morgan fingerprint density at radius 1 is 1.24 bits per heavy atom. The Morgan fingerprint density at radius 2 is 1.94 bits per heavy atom. The monoisotopic (exact) mass is 520 g/mol. The predicted octanol–water partition coefficient (Wildman–Crippen LogP) is 4.56. The highest BCUT2D eigenvalue weighted by Gasteiger charge is 2.35. The number of H-pyrrole nitrogens is 2. The minimum absolute atomic E-state index is 0.0203. The van der Waals surface area contributed by atoms with E-state index >= 15 is 0 Å². The van der Waals surface area contributed by atoms with Crippen molar-refractivity contribution in [3.8, 4) is 0 Å². The number of sulfone groups is 1. The quantitative estimate of drug-likeness (QED) is 0.465. The van der Waals surface area contributed by atoms with Crippen molar-refractivity contribution in [1.82, 2.24) is 20.1 Å². The van der Waals surface area contributed by atoms with Gasteiger partial charge in [0.25, 0.3) is 5.91 Å². The van der Waals surface area contributed by atoms with Crippen LogP contribution in [-0.4, -0.2) is 52.5 Å². The minimum atomic E-state index is -4.73. The molecular weight excluding hydrogens is 500 g/mol. The van der Waals surface area contributed by atoms with E-state index in [1.807, 2.05) is 0 Å². The normalized spacial score (nSPS) is 16.7. The van der Waals surface area contributed by atoms with Gasteiger partial charge in [-0.3, -0.25) is 9.89 Å². The van der Waals surface area contributed by atoms with E-state index < -0.39 is 33.4 Å². The van der Waals surface area contributed by atoms with Crippen LogP contribution in [0.1, 0.15) is 41.0 Å². The molecule has 0 saturated carbocycles. The lowest BCUT2D eigenvalue weighted by Crippen LogP contribution is -2.34. The molecule has 0 spiro atoms. The molecule has 13 heteroatoms. The molecule has 2 aromatic heterocycles. The molecule has 3 aromatic rings. The number of carbonyl (C=O) groups excluding carboxylic acids is 1. The van der Waals surface area contributed by atoms with Gasteiger partial charge < -0.3 is 9.88 Å². The van der Waals surface area contributed by atoms with E-state index in [9.17, 15) is 30.8 Å². The number of aromatic amines is 2. The fourth-order valence-corrected chi connectivity index (χ4v) is 5.91. The van der Waals surface area contributed by atoms with Crippen molar-refractivity contribution in [3.05, 3.63) is 52.2 Å². The van der Waals surface area contributed by atoms with Gasteiger partial charge >= 0.3 is 6.18 Å². The number of benzene rings is 1. The van der Waals surface area contributed by atoms with Crippen LogP contribution in [-0.2, 0) is 22.6 Å². The topological polar surface area (TPSA) is 98.9 Å². The van der Waals surface area contributed by atoms with Crippen molar-refractivity contribution in [3.63, 3.8) is 0 Å². The average molecular weight is 521 g/mol. The molecule has 3 heterocycles. The van der Waals surface area contributed by atoms with Crippen LogP contribution >= 0.6 is 11.6 Å². The summed E-state index contributed by atoms with van der Waals surface area (Å²) in [5, 5.41) is 6.20. The van der Waals surface area contributed by atoms with Crippen molar-refractivity contribution >= 4 is 38.2 Å². The number of nitrogens with one attached hydrogen (secondary N) is 2. The average Bonchev–Trinajstić information content (AvgIpc) is 3.40. The molecule has 7 nitrogen and oxygen atoms in total. The number of alkyl halides is 3. The molecule has 1 aliphatic rings. The Kier molecular flexibility index (Phi) is 6.65. The number of aromatic nitrogens is 3. The summed E-state index contributed by atoms with van der Waals surface area (Å²) >= 11 is 6.12. The molecule has 1 fully saturated rings. The number of amides is 1. The van der Waals surface area contributed by atoms with Crippen molar-refractivity contribution < 1.29 is 30.8 Å². The molecule has 4 rings (SSSR count). The van der Waals surface area contributed by atoms with Crippen LogP contribution in [0.5, 0.6) is 0 Å². The maximum absolute atomic E-state index is 14.8. The molecule has 1 saturated heterocycles. The second kappa shape index (κ2) is 9.21. The Balaban J connectivity index is 1.61. The summed E-state index contributed by atoms with van der Waals surface area (Å²) in [5.74, 6) is -1.26. The van der Waals surface area contributed by atoms with Gasteiger partial charge in [0.05, 0.1) is 28.6 Å². The number of hydrogen-bond donors (Lipinski definition) is 2. The van der Waals surface area contributed by atoms with Crippen molar-refractivity contribution in [1.29, 1.82) is 0 Å². The molecule has 0 radical (unpaired) electrons. The maximum atomic E-state index is 14.8. The number of fused-ring (bicyclic) bond motifs is 1. The van der Waals surface area contributed by atoms with Gasteiger partial charge in [-0.1, -0.05) is 11.6 Å². The third-order valence-corrected chi connectivity index (χ3v) is 8.10. The van der Waals surface area contributed by atoms with Crippen LogP contribution in [0.2, 0.25) is 5.02 Å². The Bertz CT molecular complexity index is 1310. The van der Waals surface area contributed by atoms with E-state index in [-0.39, 0.29) is 41.8 Å². The zero-order valence-corrected chi connectivity index (χ0v) is 19.3. The predicted molar refractivity (Wildman–Crippen MR) is 118 cm³/mol. The van der Waals surface area contributed by atoms with Gasteiger partial charge in [-0.15, -0.1) is 0 Å². The first kappa shape index (κ1) is 24.5. The lowest BCUT2D eigenvalue weighted by molar-refractivity contribution is -0.141. The largest absolute Gasteiger partial charge is 0.435 e. The van der Waals surface area contributed by atoms with Crippen LogP contribution in [0.25, 0.3) is 10.9 Å². The minimum Gasteiger partial charge on any atom is -0.359 e. The zero-order valence-electron chi connectivity index (χ0n) is 17.8. The molecule has 1 aliphatic heterocycles. The lowest BCUT2D eigenvalue weighted by atomic mass is 9.98. The van der Waals surface area contributed by atoms with Crippen molar-refractivity contribution in [2.45, 2.75) is 32.0 Å². The highest BCUT2D eigenvalue weighted by molar-refractivity contribution is 7.91. The fourth-order valence-electron chi connectivity index (χ4n) is 4.11. The lowest BCUT2D eigenvalue weighted by Gasteiger charge is -2.27. The van der Waals surface area contributed by atoms with E-state index in [1.54, 1.807) is 0 Å². The van der Waals surface area contributed by atoms with Crippen LogP contribution < -0.4 is 0 Å². The third-order valence-electron chi connectivity index (χ3n) is 6.07. The van der Waals surface area contributed by atoms with E-state index in [0.29, 0.717) is 41.3 Å². The molecule has 2 N–H and O–H groups in total. The standard InChI is InChI=1S/C21H21ClF4N4O3S/c22-15-10-27-19-13(15)1-2-16(23)14(19)11-30(6-3-12-4-7-34(32,33)8-5-12)20(31)17-9-18(29-28-17)21(24,25)26/h1-2,9-10,12,27H,3-8,11H2,(H,28,29). The molecule has 1 amide bonds. The number of hydrogen-bond acceptors (Lipinski definition) is 4. The summed E-state index contributed by atoms with van der Waals surface area (Å²) in [7, 11) is -3.07. The number of carbonyl (C=O) groups is 1. The summed E-state index contributed by atoms with van der Waals surface area (Å²) in [5.41, 5.74) is -1.10. The second-order valence-electron chi connectivity index (χ2n) is 8.36. The zero-order chi connectivity index (χ0) is 24.7. The third kappa shape index (κ3) is 5.22. The SMILES string of the molecule is O=C(c1cc(C(F)(F)F)n[nH]1)N(CCC1CCS(=O)(=O)CC1)Cc1c(F)ccc2c(Cl)c[nH]c12. The highest BCUT2D eigenvalue weighted by Crippen LogP contribution is 2.31. The van der Waals surface area contributed by atoms with Crippen molar-refractivity contribution in [2.75, 3.05) is 18.1 Å². The number of nitrogens with zero attached hydrogens (tertiary/aromatic N) is 2. The van der Waals surface area contributed by atoms with E-state index in [4.69, 9.17) is 11.6 Å². The van der Waals surface area contributed by atoms with E-state index in [1.165, 1.54) is 23.2 Å². The first-order valence-electron chi connectivity index (χ1n) is 10.5. The molecule has 0 unspecified atom stereocenters. The number of rotatable bonds is 6. The Labute approximate surface area is 197 Å². The Hall–Kier alpha value is -2.60.